The Bertz CT molecular complexity index is 370. The van der Waals surface area contributed by atoms with E-state index < -0.39 is 0 Å². The van der Waals surface area contributed by atoms with Crippen molar-refractivity contribution in [1.29, 1.82) is 0 Å². The Morgan fingerprint density at radius 2 is 2.11 bits per heavy atom. The van der Waals surface area contributed by atoms with Crippen molar-refractivity contribution in [1.82, 2.24) is 10.2 Å². The van der Waals surface area contributed by atoms with Gasteiger partial charge in [-0.05, 0) is 37.4 Å². The number of nitrogens with one attached hydrogen (secondary N) is 1. The molecule has 0 radical (unpaired) electrons. The van der Waals surface area contributed by atoms with Gasteiger partial charge in [-0.2, -0.15) is 0 Å². The lowest BCUT2D eigenvalue weighted by Gasteiger charge is -2.30. The van der Waals surface area contributed by atoms with Crippen LogP contribution in [-0.2, 0) is 11.3 Å². The Balaban J connectivity index is 1.64. The van der Waals surface area contributed by atoms with E-state index in [0.29, 0.717) is 6.04 Å². The van der Waals surface area contributed by atoms with E-state index in [9.17, 15) is 0 Å². The summed E-state index contributed by atoms with van der Waals surface area (Å²) in [6, 6.07) is 11.4. The maximum Gasteiger partial charge on any atom is 0.0622 e. The van der Waals surface area contributed by atoms with Crippen LogP contribution >= 0.6 is 0 Å². The van der Waals surface area contributed by atoms with Gasteiger partial charge in [0.05, 0.1) is 6.61 Å². The lowest BCUT2D eigenvalue weighted by molar-refractivity contribution is 0.126. The zero-order valence-electron chi connectivity index (χ0n) is 11.6. The van der Waals surface area contributed by atoms with Crippen LogP contribution in [0.4, 0.5) is 0 Å². The average molecular weight is 260 g/mol. The minimum absolute atomic E-state index is 0.612. The zero-order valence-corrected chi connectivity index (χ0v) is 11.6. The first-order chi connectivity index (χ1) is 9.42. The van der Waals surface area contributed by atoms with Crippen LogP contribution in [0.3, 0.4) is 0 Å². The van der Waals surface area contributed by atoms with Gasteiger partial charge in [-0.1, -0.05) is 30.3 Å². The van der Waals surface area contributed by atoms with Gasteiger partial charge in [0.15, 0.2) is 0 Å². The van der Waals surface area contributed by atoms with Crippen molar-refractivity contribution >= 4 is 0 Å². The fourth-order valence-electron chi connectivity index (χ4n) is 3.17. The summed E-state index contributed by atoms with van der Waals surface area (Å²) in [5.74, 6) is 0.810. The van der Waals surface area contributed by atoms with Crippen LogP contribution < -0.4 is 5.32 Å². The van der Waals surface area contributed by atoms with E-state index in [1.165, 1.54) is 38.0 Å². The summed E-state index contributed by atoms with van der Waals surface area (Å²) in [5, 5.41) is 3.47. The van der Waals surface area contributed by atoms with Crippen LogP contribution in [0.1, 0.15) is 18.4 Å². The maximum atomic E-state index is 5.58. The van der Waals surface area contributed by atoms with E-state index in [1.54, 1.807) is 0 Å². The van der Waals surface area contributed by atoms with E-state index in [-0.39, 0.29) is 0 Å². The van der Waals surface area contributed by atoms with Crippen molar-refractivity contribution in [2.24, 2.45) is 5.92 Å². The molecule has 2 heterocycles. The van der Waals surface area contributed by atoms with E-state index in [1.807, 2.05) is 0 Å². The average Bonchev–Trinajstić information content (AvgIpc) is 3.12. The lowest BCUT2D eigenvalue weighted by atomic mass is 10.1. The first-order valence-corrected chi connectivity index (χ1v) is 7.48. The monoisotopic (exact) mass is 260 g/mol. The van der Waals surface area contributed by atoms with Gasteiger partial charge in [0, 0.05) is 25.7 Å². The highest BCUT2D eigenvalue weighted by Crippen LogP contribution is 2.19. The fraction of sp³-hybridized carbons (Fsp3) is 0.625. The molecule has 104 valence electrons. The van der Waals surface area contributed by atoms with Crippen LogP contribution in [0, 0.1) is 5.92 Å². The molecule has 0 bridgehead atoms. The fourth-order valence-corrected chi connectivity index (χ4v) is 3.17. The molecule has 0 unspecified atom stereocenters. The first kappa shape index (κ1) is 13.1. The molecular formula is C16H24N2O. The van der Waals surface area contributed by atoms with Crippen molar-refractivity contribution in [3.8, 4) is 0 Å². The molecule has 0 spiro atoms. The van der Waals surface area contributed by atoms with Crippen LogP contribution in [0.2, 0.25) is 0 Å². The molecule has 19 heavy (non-hydrogen) atoms. The highest BCUT2D eigenvalue weighted by Gasteiger charge is 2.26. The van der Waals surface area contributed by atoms with Gasteiger partial charge in [-0.3, -0.25) is 4.90 Å². The molecule has 1 aromatic carbocycles. The molecule has 3 nitrogen and oxygen atoms in total. The minimum atomic E-state index is 0.612. The van der Waals surface area contributed by atoms with E-state index in [2.05, 4.69) is 40.5 Å². The minimum Gasteiger partial charge on any atom is -0.380 e. The number of nitrogens with zero attached hydrogens (tertiary/aromatic N) is 1. The van der Waals surface area contributed by atoms with Crippen LogP contribution in [0.15, 0.2) is 30.3 Å². The molecule has 2 saturated heterocycles. The molecule has 2 aliphatic rings. The predicted octanol–water partition coefficient (Wildman–Crippen LogP) is 1.89. The second kappa shape index (κ2) is 6.51. The molecule has 0 aromatic heterocycles. The second-order valence-electron chi connectivity index (χ2n) is 5.79. The lowest BCUT2D eigenvalue weighted by Crippen LogP contribution is -2.39. The summed E-state index contributed by atoms with van der Waals surface area (Å²) in [6.45, 7) is 6.47. The Kier molecular flexibility index (Phi) is 4.49. The SMILES string of the molecule is c1ccc(CN(C[C@H]2CCNC2)[C@@H]2CCOC2)cc1. The van der Waals surface area contributed by atoms with Crippen LogP contribution in [0.25, 0.3) is 0 Å². The molecule has 0 aliphatic carbocycles. The summed E-state index contributed by atoms with van der Waals surface area (Å²) < 4.78 is 5.58. The summed E-state index contributed by atoms with van der Waals surface area (Å²) in [5.41, 5.74) is 1.42. The number of benzene rings is 1. The van der Waals surface area contributed by atoms with Crippen LogP contribution in [0.5, 0.6) is 0 Å². The summed E-state index contributed by atoms with van der Waals surface area (Å²) >= 11 is 0. The third kappa shape index (κ3) is 3.56. The third-order valence-electron chi connectivity index (χ3n) is 4.31. The molecule has 2 atom stereocenters. The molecule has 0 amide bonds. The topological polar surface area (TPSA) is 24.5 Å². The molecular weight excluding hydrogens is 236 g/mol. The van der Waals surface area contributed by atoms with Crippen molar-refractivity contribution < 1.29 is 4.74 Å². The maximum absolute atomic E-state index is 5.58. The van der Waals surface area contributed by atoms with Gasteiger partial charge in [-0.15, -0.1) is 0 Å². The van der Waals surface area contributed by atoms with Crippen molar-refractivity contribution in [2.75, 3.05) is 32.8 Å². The largest absolute Gasteiger partial charge is 0.380 e. The molecule has 1 aromatic rings. The Hall–Kier alpha value is -0.900. The molecule has 3 heteroatoms. The number of hydrogen-bond acceptors (Lipinski definition) is 3. The number of rotatable bonds is 5. The van der Waals surface area contributed by atoms with E-state index >= 15 is 0 Å². The normalized spacial score (nSPS) is 27.2. The van der Waals surface area contributed by atoms with Gasteiger partial charge in [0.1, 0.15) is 0 Å². The van der Waals surface area contributed by atoms with Gasteiger partial charge in [-0.25, -0.2) is 0 Å². The smallest absolute Gasteiger partial charge is 0.0622 e. The molecule has 3 rings (SSSR count). The Morgan fingerprint density at radius 3 is 2.79 bits per heavy atom. The highest BCUT2D eigenvalue weighted by molar-refractivity contribution is 5.14. The zero-order chi connectivity index (χ0) is 12.9. The standard InChI is InChI=1S/C16H24N2O/c1-2-4-14(5-3-1)11-18(16-7-9-19-13-16)12-15-6-8-17-10-15/h1-5,15-17H,6-13H2/t15-,16+/m0/s1. The van der Waals surface area contributed by atoms with Crippen molar-refractivity contribution in [3.63, 3.8) is 0 Å². The summed E-state index contributed by atoms with van der Waals surface area (Å²) in [4.78, 5) is 2.64. The van der Waals surface area contributed by atoms with Gasteiger partial charge >= 0.3 is 0 Å². The van der Waals surface area contributed by atoms with Crippen molar-refractivity contribution in [2.45, 2.75) is 25.4 Å². The third-order valence-corrected chi connectivity index (χ3v) is 4.31. The quantitative estimate of drug-likeness (QED) is 0.875. The van der Waals surface area contributed by atoms with Gasteiger partial charge < -0.3 is 10.1 Å². The second-order valence-corrected chi connectivity index (χ2v) is 5.79. The molecule has 1 N–H and O–H groups in total. The van der Waals surface area contributed by atoms with Crippen LogP contribution in [-0.4, -0.2) is 43.8 Å². The molecule has 2 fully saturated rings. The van der Waals surface area contributed by atoms with Gasteiger partial charge in [0.2, 0.25) is 0 Å². The summed E-state index contributed by atoms with van der Waals surface area (Å²) in [7, 11) is 0. The highest BCUT2D eigenvalue weighted by atomic mass is 16.5. The first-order valence-electron chi connectivity index (χ1n) is 7.48. The summed E-state index contributed by atoms with van der Waals surface area (Å²) in [6.07, 6.45) is 2.51. The molecule has 2 aliphatic heterocycles. The molecule has 0 saturated carbocycles. The predicted molar refractivity (Wildman–Crippen MR) is 77.1 cm³/mol. The number of ether oxygens (including phenoxy) is 1. The van der Waals surface area contributed by atoms with Crippen molar-refractivity contribution in [3.05, 3.63) is 35.9 Å². The van der Waals surface area contributed by atoms with E-state index in [0.717, 1.165) is 25.7 Å². The van der Waals surface area contributed by atoms with Gasteiger partial charge in [0.25, 0.3) is 0 Å². The number of hydrogen-bond donors (Lipinski definition) is 1. The Morgan fingerprint density at radius 1 is 1.21 bits per heavy atom. The Labute approximate surface area is 115 Å². The van der Waals surface area contributed by atoms with E-state index in [4.69, 9.17) is 4.74 Å².